The van der Waals surface area contributed by atoms with Gasteiger partial charge in [-0.2, -0.15) is 13.2 Å². The number of nitrogens with zero attached hydrogens (tertiary/aromatic N) is 1. The fourth-order valence-electron chi connectivity index (χ4n) is 3.21. The lowest BCUT2D eigenvalue weighted by molar-refractivity contribution is -0.137. The average molecular weight is 404 g/mol. The maximum absolute atomic E-state index is 13.4. The third-order valence-corrected chi connectivity index (χ3v) is 5.28. The first-order chi connectivity index (χ1) is 13.2. The number of para-hydroxylation sites is 2. The van der Waals surface area contributed by atoms with Crippen LogP contribution in [0, 0.1) is 13.8 Å². The quantitative estimate of drug-likeness (QED) is 0.534. The predicted molar refractivity (Wildman–Crippen MR) is 106 cm³/mol. The number of hydrogen-bond acceptors (Lipinski definition) is 2. The van der Waals surface area contributed by atoms with Crippen LogP contribution in [-0.4, -0.2) is 16.7 Å². The van der Waals surface area contributed by atoms with E-state index < -0.39 is 11.7 Å². The lowest BCUT2D eigenvalue weighted by atomic mass is 10.1. The molecule has 0 spiro atoms. The molecule has 0 aliphatic heterocycles. The largest absolute Gasteiger partial charge is 0.418 e. The molecule has 1 aromatic heterocycles. The van der Waals surface area contributed by atoms with Gasteiger partial charge in [0.05, 0.1) is 22.5 Å². The maximum Gasteiger partial charge on any atom is 0.418 e. The van der Waals surface area contributed by atoms with Crippen molar-refractivity contribution in [1.29, 1.82) is 0 Å². The number of thioether (sulfide) groups is 1. The normalized spacial score (nSPS) is 11.5. The Morgan fingerprint density at radius 2 is 1.68 bits per heavy atom. The molecular formula is C21H19F3N2OS. The average Bonchev–Trinajstić information content (AvgIpc) is 2.95. The van der Waals surface area contributed by atoms with E-state index in [0.717, 1.165) is 11.0 Å². The number of halogens is 3. The van der Waals surface area contributed by atoms with Crippen LogP contribution in [0.4, 0.5) is 18.9 Å². The van der Waals surface area contributed by atoms with E-state index in [0.29, 0.717) is 22.6 Å². The van der Waals surface area contributed by atoms with Gasteiger partial charge in [0, 0.05) is 16.3 Å². The Hall–Kier alpha value is -2.67. The molecule has 0 aliphatic rings. The van der Waals surface area contributed by atoms with Crippen LogP contribution >= 0.6 is 11.8 Å². The van der Waals surface area contributed by atoms with Gasteiger partial charge in [-0.1, -0.05) is 24.3 Å². The third kappa shape index (κ3) is 3.80. The highest BCUT2D eigenvalue weighted by molar-refractivity contribution is 7.98. The summed E-state index contributed by atoms with van der Waals surface area (Å²) in [7, 11) is 0. The minimum absolute atomic E-state index is 0.00793. The Kier molecular flexibility index (Phi) is 5.56. The number of alkyl halides is 3. The fourth-order valence-corrected chi connectivity index (χ4v) is 3.76. The van der Waals surface area contributed by atoms with Crippen LogP contribution in [0.15, 0.2) is 59.5 Å². The third-order valence-electron chi connectivity index (χ3n) is 4.48. The molecule has 0 saturated heterocycles. The molecule has 146 valence electrons. The number of carbonyl (C=O) groups is 1. The van der Waals surface area contributed by atoms with Gasteiger partial charge in [-0.05, 0) is 50.4 Å². The van der Waals surface area contributed by atoms with Crippen molar-refractivity contribution in [1.82, 2.24) is 4.57 Å². The standard InChI is InChI=1S/C21H19F3N2OS/c1-13-12-15(20(27)25-17-9-5-7-11-19(17)28-3)14(2)26(13)18-10-6-4-8-16(18)21(22,23)24/h4-12H,1-3H3,(H,25,27). The number of carbonyl (C=O) groups excluding carboxylic acids is 1. The van der Waals surface area contributed by atoms with E-state index >= 15 is 0 Å². The minimum atomic E-state index is -4.49. The molecule has 0 bridgehead atoms. The first-order valence-electron chi connectivity index (χ1n) is 8.54. The predicted octanol–water partition coefficient (Wildman–Crippen LogP) is 6.09. The second-order valence-corrected chi connectivity index (χ2v) is 7.14. The fraction of sp³-hybridized carbons (Fsp3) is 0.190. The molecule has 1 amide bonds. The van der Waals surface area contributed by atoms with E-state index in [4.69, 9.17) is 0 Å². The summed E-state index contributed by atoms with van der Waals surface area (Å²) < 4.78 is 41.8. The molecule has 0 saturated carbocycles. The summed E-state index contributed by atoms with van der Waals surface area (Å²) >= 11 is 1.50. The first-order valence-corrected chi connectivity index (χ1v) is 9.76. The Morgan fingerprint density at radius 1 is 1.04 bits per heavy atom. The Labute approximate surface area is 165 Å². The summed E-state index contributed by atoms with van der Waals surface area (Å²) in [5.41, 5.74) is 1.28. The summed E-state index contributed by atoms with van der Waals surface area (Å²) in [6.45, 7) is 3.34. The molecule has 3 rings (SSSR count). The van der Waals surface area contributed by atoms with Crippen LogP contribution in [0.5, 0.6) is 0 Å². The van der Waals surface area contributed by atoms with Gasteiger partial charge < -0.3 is 9.88 Å². The number of aromatic nitrogens is 1. The molecule has 3 aromatic rings. The number of rotatable bonds is 4. The number of nitrogens with one attached hydrogen (secondary N) is 1. The van der Waals surface area contributed by atoms with Crippen molar-refractivity contribution < 1.29 is 18.0 Å². The molecule has 0 unspecified atom stereocenters. The van der Waals surface area contributed by atoms with Crippen molar-refractivity contribution in [2.45, 2.75) is 24.9 Å². The Balaban J connectivity index is 2.03. The van der Waals surface area contributed by atoms with Gasteiger partial charge in [-0.15, -0.1) is 11.8 Å². The van der Waals surface area contributed by atoms with Crippen LogP contribution in [0.2, 0.25) is 0 Å². The van der Waals surface area contributed by atoms with E-state index in [-0.39, 0.29) is 11.6 Å². The summed E-state index contributed by atoms with van der Waals surface area (Å²) in [6.07, 6.45) is -2.58. The molecule has 0 fully saturated rings. The molecule has 1 N–H and O–H groups in total. The lowest BCUT2D eigenvalue weighted by Crippen LogP contribution is -2.15. The number of amides is 1. The Bertz CT molecular complexity index is 1020. The van der Waals surface area contributed by atoms with Crippen molar-refractivity contribution in [2.75, 3.05) is 11.6 Å². The van der Waals surface area contributed by atoms with Crippen LogP contribution in [-0.2, 0) is 6.18 Å². The molecular weight excluding hydrogens is 385 g/mol. The second-order valence-electron chi connectivity index (χ2n) is 6.29. The van der Waals surface area contributed by atoms with Crippen LogP contribution in [0.25, 0.3) is 5.69 Å². The van der Waals surface area contributed by atoms with E-state index in [9.17, 15) is 18.0 Å². The highest BCUT2D eigenvalue weighted by Crippen LogP contribution is 2.35. The van der Waals surface area contributed by atoms with Gasteiger partial charge in [0.1, 0.15) is 0 Å². The van der Waals surface area contributed by atoms with E-state index in [1.807, 2.05) is 24.5 Å². The maximum atomic E-state index is 13.4. The molecule has 3 nitrogen and oxygen atoms in total. The van der Waals surface area contributed by atoms with Gasteiger partial charge in [0.25, 0.3) is 5.91 Å². The number of anilines is 1. The number of benzene rings is 2. The van der Waals surface area contributed by atoms with Gasteiger partial charge in [-0.25, -0.2) is 0 Å². The molecule has 0 aliphatic carbocycles. The summed E-state index contributed by atoms with van der Waals surface area (Å²) in [4.78, 5) is 13.7. The second kappa shape index (κ2) is 7.75. The molecule has 0 radical (unpaired) electrons. The summed E-state index contributed by atoms with van der Waals surface area (Å²) in [6, 6.07) is 14.4. The molecule has 0 atom stereocenters. The molecule has 28 heavy (non-hydrogen) atoms. The summed E-state index contributed by atoms with van der Waals surface area (Å²) in [5, 5.41) is 2.86. The van der Waals surface area contributed by atoms with E-state index in [2.05, 4.69) is 5.32 Å². The van der Waals surface area contributed by atoms with Gasteiger partial charge in [0.2, 0.25) is 0 Å². The van der Waals surface area contributed by atoms with Crippen molar-refractivity contribution in [3.8, 4) is 5.69 Å². The minimum Gasteiger partial charge on any atom is -0.321 e. The zero-order valence-corrected chi connectivity index (χ0v) is 16.4. The van der Waals surface area contributed by atoms with E-state index in [1.165, 1.54) is 28.5 Å². The van der Waals surface area contributed by atoms with Crippen molar-refractivity contribution in [3.63, 3.8) is 0 Å². The highest BCUT2D eigenvalue weighted by atomic mass is 32.2. The van der Waals surface area contributed by atoms with Crippen LogP contribution in [0.1, 0.15) is 27.3 Å². The zero-order chi connectivity index (χ0) is 20.5. The first kappa shape index (κ1) is 20.1. The smallest absolute Gasteiger partial charge is 0.321 e. The number of aryl methyl sites for hydroxylation is 1. The molecule has 7 heteroatoms. The highest BCUT2D eigenvalue weighted by Gasteiger charge is 2.34. The van der Waals surface area contributed by atoms with Crippen molar-refractivity contribution >= 4 is 23.4 Å². The van der Waals surface area contributed by atoms with Crippen LogP contribution < -0.4 is 5.32 Å². The van der Waals surface area contributed by atoms with Gasteiger partial charge in [-0.3, -0.25) is 4.79 Å². The van der Waals surface area contributed by atoms with Crippen molar-refractivity contribution in [2.24, 2.45) is 0 Å². The van der Waals surface area contributed by atoms with E-state index in [1.54, 1.807) is 32.0 Å². The van der Waals surface area contributed by atoms with Gasteiger partial charge >= 0.3 is 6.18 Å². The topological polar surface area (TPSA) is 34.0 Å². The molecule has 2 aromatic carbocycles. The Morgan fingerprint density at radius 3 is 2.36 bits per heavy atom. The monoisotopic (exact) mass is 404 g/mol. The summed E-state index contributed by atoms with van der Waals surface area (Å²) in [5.74, 6) is -0.356. The zero-order valence-electron chi connectivity index (χ0n) is 15.6. The van der Waals surface area contributed by atoms with Gasteiger partial charge in [0.15, 0.2) is 0 Å². The SMILES string of the molecule is CSc1ccccc1NC(=O)c1cc(C)n(-c2ccccc2C(F)(F)F)c1C. The molecule has 1 heterocycles. The number of hydrogen-bond donors (Lipinski definition) is 1. The van der Waals surface area contributed by atoms with Crippen LogP contribution in [0.3, 0.4) is 0 Å². The van der Waals surface area contributed by atoms with Crippen molar-refractivity contribution in [3.05, 3.63) is 77.1 Å². The lowest BCUT2D eigenvalue weighted by Gasteiger charge is -2.17.